The van der Waals surface area contributed by atoms with E-state index in [0.29, 0.717) is 31.1 Å². The van der Waals surface area contributed by atoms with Crippen LogP contribution in [0.4, 0.5) is 10.5 Å². The zero-order valence-corrected chi connectivity index (χ0v) is 14.8. The van der Waals surface area contributed by atoms with Gasteiger partial charge in [0, 0.05) is 25.7 Å². The van der Waals surface area contributed by atoms with E-state index in [4.69, 9.17) is 9.47 Å². The number of anilines is 1. The Kier molecular flexibility index (Phi) is 4.49. The van der Waals surface area contributed by atoms with Gasteiger partial charge in [-0.2, -0.15) is 0 Å². The maximum atomic E-state index is 12.3. The van der Waals surface area contributed by atoms with Crippen molar-refractivity contribution in [3.63, 3.8) is 0 Å². The summed E-state index contributed by atoms with van der Waals surface area (Å²) in [5.41, 5.74) is 0.0539. The van der Waals surface area contributed by atoms with Crippen molar-refractivity contribution in [3.05, 3.63) is 18.2 Å². The highest BCUT2D eigenvalue weighted by Crippen LogP contribution is 2.36. The number of carbonyl (C=O) groups excluding carboxylic acids is 2. The summed E-state index contributed by atoms with van der Waals surface area (Å²) in [6.07, 6.45) is 0.485. The van der Waals surface area contributed by atoms with Crippen molar-refractivity contribution in [2.75, 3.05) is 31.1 Å². The van der Waals surface area contributed by atoms with E-state index in [1.807, 2.05) is 20.8 Å². The minimum atomic E-state index is -0.522. The average molecular weight is 348 g/mol. The Balaban J connectivity index is 1.67. The molecule has 1 aromatic rings. The zero-order chi connectivity index (χ0) is 18.2. The molecule has 0 radical (unpaired) electrons. The number of likely N-dealkylation sites (tertiary alicyclic amines) is 1. The molecule has 1 fully saturated rings. The van der Waals surface area contributed by atoms with Gasteiger partial charge < -0.3 is 24.4 Å². The predicted octanol–water partition coefficient (Wildman–Crippen LogP) is 2.37. The third kappa shape index (κ3) is 3.97. The van der Waals surface area contributed by atoms with Crippen LogP contribution in [0, 0.1) is 5.92 Å². The smallest absolute Gasteiger partial charge is 0.410 e. The van der Waals surface area contributed by atoms with Crippen LogP contribution >= 0.6 is 0 Å². The average Bonchev–Trinajstić information content (AvgIpc) is 2.97. The molecule has 1 saturated heterocycles. The second-order valence-electron chi connectivity index (χ2n) is 7.53. The number of fused-ring (bicyclic) bond motifs is 1. The molecule has 1 aromatic carbocycles. The summed E-state index contributed by atoms with van der Waals surface area (Å²) in [5, 5.41) is 9.71. The molecule has 1 atom stereocenters. The van der Waals surface area contributed by atoms with E-state index in [0.717, 1.165) is 6.42 Å². The lowest BCUT2D eigenvalue weighted by molar-refractivity contribution is -0.121. The molecule has 1 unspecified atom stereocenters. The van der Waals surface area contributed by atoms with Gasteiger partial charge in [-0.15, -0.1) is 0 Å². The van der Waals surface area contributed by atoms with Crippen LogP contribution in [0.15, 0.2) is 18.2 Å². The van der Waals surface area contributed by atoms with Crippen LogP contribution in [0.2, 0.25) is 0 Å². The first-order valence-corrected chi connectivity index (χ1v) is 8.47. The number of hydrogen-bond acceptors (Lipinski definition) is 5. The maximum Gasteiger partial charge on any atom is 0.410 e. The van der Waals surface area contributed by atoms with Gasteiger partial charge in [0.25, 0.3) is 5.91 Å². The van der Waals surface area contributed by atoms with Gasteiger partial charge in [-0.05, 0) is 45.2 Å². The fourth-order valence-electron chi connectivity index (χ4n) is 3.12. The molecule has 3 rings (SSSR count). The van der Waals surface area contributed by atoms with Crippen LogP contribution in [0.5, 0.6) is 11.5 Å². The predicted molar refractivity (Wildman–Crippen MR) is 91.9 cm³/mol. The third-order valence-corrected chi connectivity index (χ3v) is 4.26. The van der Waals surface area contributed by atoms with Gasteiger partial charge in [0.2, 0.25) is 0 Å². The molecule has 7 heteroatoms. The summed E-state index contributed by atoms with van der Waals surface area (Å²) in [5.74, 6) is 0.682. The highest BCUT2D eigenvalue weighted by atomic mass is 16.6. The maximum absolute atomic E-state index is 12.3. The van der Waals surface area contributed by atoms with Gasteiger partial charge >= 0.3 is 6.09 Å². The van der Waals surface area contributed by atoms with E-state index in [-0.39, 0.29) is 30.3 Å². The molecular formula is C18H24N2O5. The molecule has 0 aliphatic carbocycles. The molecule has 2 aliphatic rings. The first kappa shape index (κ1) is 17.4. The quantitative estimate of drug-likeness (QED) is 0.888. The molecule has 2 aliphatic heterocycles. The minimum Gasteiger partial charge on any atom is -0.508 e. The largest absolute Gasteiger partial charge is 0.508 e. The topological polar surface area (TPSA) is 79.3 Å². The lowest BCUT2D eigenvalue weighted by atomic mass is 10.1. The molecule has 1 N–H and O–H groups in total. The molecule has 2 amide bonds. The molecule has 2 heterocycles. The number of carbonyl (C=O) groups is 2. The first-order chi connectivity index (χ1) is 11.7. The van der Waals surface area contributed by atoms with Crippen LogP contribution < -0.4 is 9.64 Å². The van der Waals surface area contributed by atoms with E-state index in [9.17, 15) is 14.7 Å². The van der Waals surface area contributed by atoms with Crippen LogP contribution in [-0.2, 0) is 9.53 Å². The Morgan fingerprint density at radius 1 is 1.40 bits per heavy atom. The molecule has 25 heavy (non-hydrogen) atoms. The van der Waals surface area contributed by atoms with Gasteiger partial charge in [-0.25, -0.2) is 4.79 Å². The van der Waals surface area contributed by atoms with Gasteiger partial charge in [0.15, 0.2) is 6.61 Å². The number of aromatic hydroxyl groups is 1. The fraction of sp³-hybridized carbons (Fsp3) is 0.556. The number of phenolic OH excluding ortho intramolecular Hbond substituents is 1. The van der Waals surface area contributed by atoms with E-state index in [2.05, 4.69) is 0 Å². The normalized spacial score (nSPS) is 20.3. The van der Waals surface area contributed by atoms with Gasteiger partial charge in [0.1, 0.15) is 17.1 Å². The van der Waals surface area contributed by atoms with Crippen LogP contribution in [0.1, 0.15) is 27.2 Å². The number of amides is 2. The van der Waals surface area contributed by atoms with E-state index >= 15 is 0 Å². The zero-order valence-electron chi connectivity index (χ0n) is 14.8. The Labute approximate surface area is 147 Å². The summed E-state index contributed by atoms with van der Waals surface area (Å²) in [4.78, 5) is 27.8. The van der Waals surface area contributed by atoms with Crippen LogP contribution in [-0.4, -0.2) is 53.8 Å². The van der Waals surface area contributed by atoms with Crippen molar-refractivity contribution in [1.82, 2.24) is 4.90 Å². The van der Waals surface area contributed by atoms with Crippen molar-refractivity contribution in [1.29, 1.82) is 0 Å². The summed E-state index contributed by atoms with van der Waals surface area (Å²) in [6.45, 7) is 7.16. The molecule has 0 bridgehead atoms. The van der Waals surface area contributed by atoms with E-state index < -0.39 is 5.60 Å². The highest BCUT2D eigenvalue weighted by Gasteiger charge is 2.34. The van der Waals surface area contributed by atoms with Gasteiger partial charge in [0.05, 0.1) is 5.69 Å². The van der Waals surface area contributed by atoms with Gasteiger partial charge in [-0.3, -0.25) is 4.79 Å². The second kappa shape index (κ2) is 6.46. The Morgan fingerprint density at radius 2 is 2.16 bits per heavy atom. The molecular weight excluding hydrogens is 324 g/mol. The Hall–Kier alpha value is -2.44. The van der Waals surface area contributed by atoms with E-state index in [1.165, 1.54) is 12.1 Å². The first-order valence-electron chi connectivity index (χ1n) is 8.47. The summed E-state index contributed by atoms with van der Waals surface area (Å²) < 4.78 is 10.8. The molecule has 0 saturated carbocycles. The number of benzene rings is 1. The number of rotatable bonds is 2. The van der Waals surface area contributed by atoms with Crippen molar-refractivity contribution in [3.8, 4) is 11.5 Å². The summed E-state index contributed by atoms with van der Waals surface area (Å²) in [7, 11) is 0. The fourth-order valence-corrected chi connectivity index (χ4v) is 3.12. The summed E-state index contributed by atoms with van der Waals surface area (Å²) >= 11 is 0. The van der Waals surface area contributed by atoms with Crippen LogP contribution in [0.3, 0.4) is 0 Å². The Bertz CT molecular complexity index is 683. The molecule has 0 aromatic heterocycles. The number of phenols is 1. The van der Waals surface area contributed by atoms with Crippen molar-refractivity contribution < 1.29 is 24.2 Å². The van der Waals surface area contributed by atoms with Crippen molar-refractivity contribution in [2.24, 2.45) is 5.92 Å². The molecule has 136 valence electrons. The SMILES string of the molecule is CC(C)(C)OC(=O)N1CCC(CN2C(=O)COc3ccc(O)cc32)C1. The van der Waals surface area contributed by atoms with Crippen molar-refractivity contribution in [2.45, 2.75) is 32.8 Å². The summed E-state index contributed by atoms with van der Waals surface area (Å²) in [6, 6.07) is 4.73. The number of hydrogen-bond donors (Lipinski definition) is 1. The number of ether oxygens (including phenoxy) is 2. The minimum absolute atomic E-state index is 0.0136. The lowest BCUT2D eigenvalue weighted by Gasteiger charge is -2.31. The third-order valence-electron chi connectivity index (χ3n) is 4.26. The number of nitrogens with zero attached hydrogens (tertiary/aromatic N) is 2. The van der Waals surface area contributed by atoms with Crippen molar-refractivity contribution >= 4 is 17.7 Å². The standard InChI is InChI=1S/C18H24N2O5/c1-18(2,3)25-17(23)19-7-6-12(9-19)10-20-14-8-13(21)4-5-15(14)24-11-16(20)22/h4-5,8,12,21H,6-7,9-11H2,1-3H3. The highest BCUT2D eigenvalue weighted by molar-refractivity contribution is 5.98. The van der Waals surface area contributed by atoms with Crippen LogP contribution in [0.25, 0.3) is 0 Å². The van der Waals surface area contributed by atoms with E-state index in [1.54, 1.807) is 15.9 Å². The Morgan fingerprint density at radius 3 is 2.88 bits per heavy atom. The monoisotopic (exact) mass is 348 g/mol. The molecule has 0 spiro atoms. The lowest BCUT2D eigenvalue weighted by Crippen LogP contribution is -2.42. The second-order valence-corrected chi connectivity index (χ2v) is 7.53. The molecule has 7 nitrogen and oxygen atoms in total. The van der Waals surface area contributed by atoms with Gasteiger partial charge in [-0.1, -0.05) is 0 Å².